The number of halogens is 3. The van der Waals surface area contributed by atoms with E-state index in [1.165, 1.54) is 0 Å². The highest BCUT2D eigenvalue weighted by Crippen LogP contribution is 2.22. The number of nitrogens with zero attached hydrogens (tertiary/aromatic N) is 2. The van der Waals surface area contributed by atoms with Crippen molar-refractivity contribution in [2.75, 3.05) is 0 Å². The molecule has 0 radical (unpaired) electrons. The second-order valence-corrected chi connectivity index (χ2v) is 6.52. The van der Waals surface area contributed by atoms with Gasteiger partial charge in [0.15, 0.2) is 11.0 Å². The van der Waals surface area contributed by atoms with Gasteiger partial charge in [-0.2, -0.15) is 0 Å². The smallest absolute Gasteiger partial charge is 0.261 e. The number of aromatic nitrogens is 2. The summed E-state index contributed by atoms with van der Waals surface area (Å²) in [4.78, 5) is 32.2. The van der Waals surface area contributed by atoms with Gasteiger partial charge in [-0.15, -0.1) is 0 Å². The molecule has 0 aromatic carbocycles. The summed E-state index contributed by atoms with van der Waals surface area (Å²) in [5.74, 6) is -2.16. The minimum atomic E-state index is -0.895. The van der Waals surface area contributed by atoms with Crippen LogP contribution in [0.3, 0.4) is 0 Å². The predicted molar refractivity (Wildman–Crippen MR) is 93.5 cm³/mol. The molecule has 2 heterocycles. The van der Waals surface area contributed by atoms with E-state index in [1.54, 1.807) is 12.3 Å². The number of rotatable bonds is 4. The van der Waals surface area contributed by atoms with Crippen molar-refractivity contribution in [2.45, 2.75) is 33.1 Å². The van der Waals surface area contributed by atoms with Crippen LogP contribution in [0, 0.1) is 12.7 Å². The van der Waals surface area contributed by atoms with Crippen LogP contribution in [-0.4, -0.2) is 21.8 Å². The van der Waals surface area contributed by atoms with Gasteiger partial charge in [-0.1, -0.05) is 37.0 Å². The average Bonchev–Trinajstić information content (AvgIpc) is 2.52. The first-order chi connectivity index (χ1) is 11.7. The van der Waals surface area contributed by atoms with Crippen molar-refractivity contribution in [3.8, 4) is 0 Å². The van der Waals surface area contributed by atoms with Gasteiger partial charge in [0.05, 0.1) is 12.0 Å². The Morgan fingerprint density at radius 2 is 1.96 bits per heavy atom. The number of aryl methyl sites for hydroxylation is 1. The number of nitrogens with one attached hydrogen (secondary N) is 1. The van der Waals surface area contributed by atoms with Gasteiger partial charge in [-0.05, 0) is 36.1 Å². The summed E-state index contributed by atoms with van der Waals surface area (Å²) < 4.78 is 13.5. The largest absolute Gasteiger partial charge is 0.292 e. The molecule has 2 aromatic rings. The lowest BCUT2D eigenvalue weighted by Crippen LogP contribution is -2.32. The van der Waals surface area contributed by atoms with Crippen molar-refractivity contribution in [3.63, 3.8) is 0 Å². The van der Waals surface area contributed by atoms with E-state index in [2.05, 4.69) is 15.3 Å². The summed E-state index contributed by atoms with van der Waals surface area (Å²) in [6, 6.07) is 2.64. The maximum Gasteiger partial charge on any atom is 0.261 e. The Labute approximate surface area is 154 Å². The third-order valence-electron chi connectivity index (χ3n) is 3.59. The van der Waals surface area contributed by atoms with Gasteiger partial charge in [0.1, 0.15) is 5.15 Å². The number of carbonyl (C=O) groups is 2. The molecule has 2 amide bonds. The number of carbonyl (C=O) groups excluding carboxylic acids is 2. The second kappa shape index (κ2) is 7.89. The Morgan fingerprint density at radius 1 is 1.28 bits per heavy atom. The van der Waals surface area contributed by atoms with Gasteiger partial charge < -0.3 is 0 Å². The van der Waals surface area contributed by atoms with E-state index >= 15 is 0 Å². The Balaban J connectivity index is 2.19. The SMILES string of the molecule is Cc1ccnc(C(C)C)c1CC(=O)NC(=O)c1cc(F)c(Cl)nc1Cl. The molecule has 0 unspecified atom stereocenters. The van der Waals surface area contributed by atoms with Crippen LogP contribution >= 0.6 is 23.2 Å². The Morgan fingerprint density at radius 3 is 2.60 bits per heavy atom. The molecule has 0 saturated carbocycles. The van der Waals surface area contributed by atoms with Crippen molar-refractivity contribution >= 4 is 35.0 Å². The third kappa shape index (κ3) is 4.52. The molecule has 2 aromatic heterocycles. The number of amides is 2. The highest BCUT2D eigenvalue weighted by Gasteiger charge is 2.20. The van der Waals surface area contributed by atoms with Gasteiger partial charge in [-0.25, -0.2) is 9.37 Å². The zero-order valence-electron chi connectivity index (χ0n) is 13.9. The molecule has 0 aliphatic rings. The van der Waals surface area contributed by atoms with Crippen LogP contribution in [0.25, 0.3) is 0 Å². The van der Waals surface area contributed by atoms with Gasteiger partial charge >= 0.3 is 0 Å². The Kier molecular flexibility index (Phi) is 6.08. The van der Waals surface area contributed by atoms with Crippen LogP contribution in [0.4, 0.5) is 4.39 Å². The van der Waals surface area contributed by atoms with Crippen molar-refractivity contribution in [1.82, 2.24) is 15.3 Å². The minimum absolute atomic E-state index is 0.0277. The lowest BCUT2D eigenvalue weighted by atomic mass is 9.97. The van der Waals surface area contributed by atoms with Crippen LogP contribution in [0.5, 0.6) is 0 Å². The van der Waals surface area contributed by atoms with E-state index in [4.69, 9.17) is 23.2 Å². The highest BCUT2D eigenvalue weighted by atomic mass is 35.5. The fraction of sp³-hybridized carbons (Fsp3) is 0.294. The van der Waals surface area contributed by atoms with Crippen LogP contribution in [0.15, 0.2) is 18.3 Å². The highest BCUT2D eigenvalue weighted by molar-refractivity contribution is 6.35. The fourth-order valence-electron chi connectivity index (χ4n) is 2.34. The molecule has 0 atom stereocenters. The Bertz CT molecular complexity index is 841. The summed E-state index contributed by atoms with van der Waals surface area (Å²) in [6.07, 6.45) is 1.65. The molecule has 0 spiro atoms. The topological polar surface area (TPSA) is 72.0 Å². The fourth-order valence-corrected chi connectivity index (χ4v) is 2.75. The molecular formula is C17H16Cl2FN3O2. The molecule has 2 rings (SSSR count). The van der Waals surface area contributed by atoms with Gasteiger partial charge in [-0.3, -0.25) is 19.9 Å². The predicted octanol–water partition coefficient (Wildman–Crippen LogP) is 3.85. The van der Waals surface area contributed by atoms with Crippen LogP contribution < -0.4 is 5.32 Å². The minimum Gasteiger partial charge on any atom is -0.292 e. The van der Waals surface area contributed by atoms with Crippen molar-refractivity contribution in [2.24, 2.45) is 0 Å². The maximum atomic E-state index is 13.5. The molecule has 5 nitrogen and oxygen atoms in total. The lowest BCUT2D eigenvalue weighted by Gasteiger charge is -2.14. The van der Waals surface area contributed by atoms with Crippen LogP contribution in [-0.2, 0) is 11.2 Å². The third-order valence-corrected chi connectivity index (χ3v) is 4.15. The standard InChI is InChI=1S/C17H16Cl2FN3O2/c1-8(2)14-10(9(3)4-5-21-14)7-13(24)22-17(25)11-6-12(20)16(19)23-15(11)18/h4-6,8H,7H2,1-3H3,(H,22,24,25). The van der Waals surface area contributed by atoms with E-state index in [1.807, 2.05) is 20.8 Å². The van der Waals surface area contributed by atoms with Crippen molar-refractivity contribution < 1.29 is 14.0 Å². The molecule has 0 saturated heterocycles. The van der Waals surface area contributed by atoms with Crippen LogP contribution in [0.1, 0.15) is 46.9 Å². The summed E-state index contributed by atoms with van der Waals surface area (Å²) in [7, 11) is 0. The summed E-state index contributed by atoms with van der Waals surface area (Å²) in [5.41, 5.74) is 2.19. The van der Waals surface area contributed by atoms with Crippen LogP contribution in [0.2, 0.25) is 10.3 Å². The molecule has 0 aliphatic heterocycles. The number of pyridine rings is 2. The normalized spacial score (nSPS) is 10.8. The molecule has 0 bridgehead atoms. The van der Waals surface area contributed by atoms with E-state index in [0.29, 0.717) is 0 Å². The average molecular weight is 384 g/mol. The molecule has 132 valence electrons. The van der Waals surface area contributed by atoms with E-state index < -0.39 is 22.8 Å². The van der Waals surface area contributed by atoms with Gasteiger partial charge in [0, 0.05) is 11.9 Å². The molecule has 0 aliphatic carbocycles. The van der Waals surface area contributed by atoms with E-state index in [9.17, 15) is 14.0 Å². The van der Waals surface area contributed by atoms with E-state index in [0.717, 1.165) is 22.9 Å². The lowest BCUT2D eigenvalue weighted by molar-refractivity contribution is -0.119. The zero-order chi connectivity index (χ0) is 18.7. The summed E-state index contributed by atoms with van der Waals surface area (Å²) >= 11 is 11.3. The molecule has 25 heavy (non-hydrogen) atoms. The molecule has 8 heteroatoms. The number of hydrogen-bond acceptors (Lipinski definition) is 4. The molecule has 0 fully saturated rings. The summed E-state index contributed by atoms with van der Waals surface area (Å²) in [5, 5.41) is 1.46. The van der Waals surface area contributed by atoms with Crippen molar-refractivity contribution in [1.29, 1.82) is 0 Å². The number of hydrogen-bond donors (Lipinski definition) is 1. The van der Waals surface area contributed by atoms with Crippen molar-refractivity contribution in [3.05, 3.63) is 56.8 Å². The number of imide groups is 1. The second-order valence-electron chi connectivity index (χ2n) is 5.80. The van der Waals surface area contributed by atoms with E-state index in [-0.39, 0.29) is 23.1 Å². The van der Waals surface area contributed by atoms with Gasteiger partial charge in [0.25, 0.3) is 5.91 Å². The molecule has 1 N–H and O–H groups in total. The summed E-state index contributed by atoms with van der Waals surface area (Å²) in [6.45, 7) is 5.81. The monoisotopic (exact) mass is 383 g/mol. The maximum absolute atomic E-state index is 13.5. The van der Waals surface area contributed by atoms with Gasteiger partial charge in [0.2, 0.25) is 5.91 Å². The first kappa shape index (κ1) is 19.3. The quantitative estimate of drug-likeness (QED) is 0.813. The Hall–Kier alpha value is -2.05. The first-order valence-corrected chi connectivity index (χ1v) is 8.26. The first-order valence-electron chi connectivity index (χ1n) is 7.50. The zero-order valence-corrected chi connectivity index (χ0v) is 15.4. The molecular weight excluding hydrogens is 368 g/mol.